The second kappa shape index (κ2) is 6.62. The number of hydrogen-bond acceptors (Lipinski definition) is 3. The molecule has 0 aliphatic carbocycles. The lowest BCUT2D eigenvalue weighted by Crippen LogP contribution is -2.34. The monoisotopic (exact) mass is 352 g/mol. The lowest BCUT2D eigenvalue weighted by Gasteiger charge is -2.20. The lowest BCUT2D eigenvalue weighted by atomic mass is 10.0. The molecule has 1 unspecified atom stereocenters. The molecule has 5 heteroatoms. The molecular formula is C16H21BrN2O2. The Morgan fingerprint density at radius 3 is 2.76 bits per heavy atom. The molecule has 2 N–H and O–H groups in total. The van der Waals surface area contributed by atoms with E-state index < -0.39 is 0 Å². The number of amides is 1. The van der Waals surface area contributed by atoms with Gasteiger partial charge in [0.15, 0.2) is 5.76 Å². The number of fused-ring (bicyclic) bond motifs is 1. The first-order valence-corrected chi connectivity index (χ1v) is 7.88. The summed E-state index contributed by atoms with van der Waals surface area (Å²) in [6.45, 7) is 4.79. The Morgan fingerprint density at radius 1 is 1.43 bits per heavy atom. The van der Waals surface area contributed by atoms with Crippen LogP contribution in [0, 0.1) is 5.92 Å². The molecule has 0 bridgehead atoms. The molecule has 1 aromatic heterocycles. The topological polar surface area (TPSA) is 59.5 Å². The van der Waals surface area contributed by atoms with Crippen molar-refractivity contribution in [1.82, 2.24) is 4.90 Å². The first-order chi connectivity index (χ1) is 9.90. The fraction of sp³-hybridized carbons (Fsp3) is 0.438. The molecule has 0 saturated carbocycles. The van der Waals surface area contributed by atoms with Crippen LogP contribution in [0.5, 0.6) is 0 Å². The SMILES string of the molecule is CC(C)C(N)CCN(C)C(=O)c1cc2cccc(Br)c2o1. The van der Waals surface area contributed by atoms with Gasteiger partial charge in [-0.1, -0.05) is 26.0 Å². The smallest absolute Gasteiger partial charge is 0.289 e. The first kappa shape index (κ1) is 16.0. The minimum absolute atomic E-state index is 0.102. The molecule has 0 fully saturated rings. The van der Waals surface area contributed by atoms with Crippen molar-refractivity contribution in [3.8, 4) is 0 Å². The minimum Gasteiger partial charge on any atom is -0.450 e. The van der Waals surface area contributed by atoms with E-state index >= 15 is 0 Å². The van der Waals surface area contributed by atoms with Crippen molar-refractivity contribution in [2.75, 3.05) is 13.6 Å². The standard InChI is InChI=1S/C16H21BrN2O2/c1-10(2)13(18)7-8-19(3)16(20)14-9-11-5-4-6-12(17)15(11)21-14/h4-6,9-10,13H,7-8,18H2,1-3H3. The van der Waals surface area contributed by atoms with Crippen LogP contribution < -0.4 is 5.73 Å². The Labute approximate surface area is 133 Å². The molecule has 2 rings (SSSR count). The van der Waals surface area contributed by atoms with E-state index in [-0.39, 0.29) is 11.9 Å². The van der Waals surface area contributed by atoms with Crippen LogP contribution in [0.15, 0.2) is 33.2 Å². The number of nitrogens with two attached hydrogens (primary N) is 1. The summed E-state index contributed by atoms with van der Waals surface area (Å²) in [6, 6.07) is 7.62. The molecule has 114 valence electrons. The van der Waals surface area contributed by atoms with Crippen LogP contribution >= 0.6 is 15.9 Å². The average molecular weight is 353 g/mol. The van der Waals surface area contributed by atoms with E-state index in [0.29, 0.717) is 23.8 Å². The summed E-state index contributed by atoms with van der Waals surface area (Å²) < 4.78 is 6.52. The summed E-state index contributed by atoms with van der Waals surface area (Å²) in [5.41, 5.74) is 6.72. The number of carbonyl (C=O) groups excluding carboxylic acids is 1. The van der Waals surface area contributed by atoms with Crippen LogP contribution in [0.4, 0.5) is 0 Å². The molecule has 0 radical (unpaired) electrons. The van der Waals surface area contributed by atoms with Gasteiger partial charge in [0.2, 0.25) is 0 Å². The van der Waals surface area contributed by atoms with Gasteiger partial charge in [0, 0.05) is 25.0 Å². The number of benzene rings is 1. The zero-order valence-electron chi connectivity index (χ0n) is 12.6. The number of para-hydroxylation sites is 1. The number of nitrogens with zero attached hydrogens (tertiary/aromatic N) is 1. The van der Waals surface area contributed by atoms with Gasteiger partial charge >= 0.3 is 0 Å². The predicted molar refractivity (Wildman–Crippen MR) is 88.3 cm³/mol. The summed E-state index contributed by atoms with van der Waals surface area (Å²) in [5, 5.41) is 0.917. The Kier molecular flexibility index (Phi) is 5.06. The van der Waals surface area contributed by atoms with E-state index in [1.54, 1.807) is 18.0 Å². The van der Waals surface area contributed by atoms with Crippen LogP contribution in [0.1, 0.15) is 30.8 Å². The van der Waals surface area contributed by atoms with Crippen LogP contribution in [-0.4, -0.2) is 30.4 Å². The van der Waals surface area contributed by atoms with Crippen LogP contribution in [-0.2, 0) is 0 Å². The minimum atomic E-state index is -0.117. The highest BCUT2D eigenvalue weighted by Crippen LogP contribution is 2.27. The van der Waals surface area contributed by atoms with E-state index in [9.17, 15) is 4.79 Å². The molecule has 21 heavy (non-hydrogen) atoms. The molecule has 1 atom stereocenters. The van der Waals surface area contributed by atoms with Gasteiger partial charge in [-0.15, -0.1) is 0 Å². The van der Waals surface area contributed by atoms with Gasteiger partial charge in [-0.3, -0.25) is 4.79 Å². The Morgan fingerprint density at radius 2 is 2.14 bits per heavy atom. The molecule has 0 aliphatic rings. The third-order valence-corrected chi connectivity index (χ3v) is 4.33. The average Bonchev–Trinajstić information content (AvgIpc) is 2.88. The molecule has 0 saturated heterocycles. The molecular weight excluding hydrogens is 332 g/mol. The van der Waals surface area contributed by atoms with Crippen molar-refractivity contribution < 1.29 is 9.21 Å². The number of furan rings is 1. The van der Waals surface area contributed by atoms with Crippen LogP contribution in [0.2, 0.25) is 0 Å². The van der Waals surface area contributed by atoms with Crippen molar-refractivity contribution >= 4 is 32.8 Å². The fourth-order valence-corrected chi connectivity index (χ4v) is 2.56. The Bertz CT molecular complexity index is 636. The Hall–Kier alpha value is -1.33. The van der Waals surface area contributed by atoms with E-state index in [1.807, 2.05) is 18.2 Å². The number of carbonyl (C=O) groups is 1. The summed E-state index contributed by atoms with van der Waals surface area (Å²) in [5.74, 6) is 0.655. The van der Waals surface area contributed by atoms with E-state index in [4.69, 9.17) is 10.2 Å². The van der Waals surface area contributed by atoms with Gasteiger partial charge in [-0.05, 0) is 40.4 Å². The predicted octanol–water partition coefficient (Wildman–Crippen LogP) is 3.64. The van der Waals surface area contributed by atoms with Crippen molar-refractivity contribution in [3.05, 3.63) is 34.5 Å². The maximum atomic E-state index is 12.4. The van der Waals surface area contributed by atoms with Gasteiger partial charge < -0.3 is 15.1 Å². The number of halogens is 1. The summed E-state index contributed by atoms with van der Waals surface area (Å²) in [4.78, 5) is 14.0. The van der Waals surface area contributed by atoms with Gasteiger partial charge in [-0.2, -0.15) is 0 Å². The largest absolute Gasteiger partial charge is 0.450 e. The van der Waals surface area contributed by atoms with Crippen molar-refractivity contribution in [3.63, 3.8) is 0 Å². The number of hydrogen-bond donors (Lipinski definition) is 1. The van der Waals surface area contributed by atoms with Gasteiger partial charge in [0.05, 0.1) is 4.47 Å². The van der Waals surface area contributed by atoms with Gasteiger partial charge in [-0.25, -0.2) is 0 Å². The lowest BCUT2D eigenvalue weighted by molar-refractivity contribution is 0.0760. The van der Waals surface area contributed by atoms with Gasteiger partial charge in [0.25, 0.3) is 5.91 Å². The second-order valence-electron chi connectivity index (χ2n) is 5.69. The quantitative estimate of drug-likeness (QED) is 0.893. The van der Waals surface area contributed by atoms with Gasteiger partial charge in [0.1, 0.15) is 5.58 Å². The first-order valence-electron chi connectivity index (χ1n) is 7.09. The Balaban J connectivity index is 2.09. The molecule has 4 nitrogen and oxygen atoms in total. The second-order valence-corrected chi connectivity index (χ2v) is 6.55. The maximum Gasteiger partial charge on any atom is 0.289 e. The van der Waals surface area contributed by atoms with E-state index in [2.05, 4.69) is 29.8 Å². The zero-order chi connectivity index (χ0) is 15.6. The molecule has 1 aromatic carbocycles. The highest BCUT2D eigenvalue weighted by Gasteiger charge is 2.18. The van der Waals surface area contributed by atoms with Crippen LogP contribution in [0.3, 0.4) is 0 Å². The van der Waals surface area contributed by atoms with Crippen molar-refractivity contribution in [2.24, 2.45) is 11.7 Å². The van der Waals surface area contributed by atoms with Crippen LogP contribution in [0.25, 0.3) is 11.0 Å². The maximum absolute atomic E-state index is 12.4. The zero-order valence-corrected chi connectivity index (χ0v) is 14.2. The molecule has 2 aromatic rings. The summed E-state index contributed by atoms with van der Waals surface area (Å²) in [7, 11) is 1.78. The highest BCUT2D eigenvalue weighted by molar-refractivity contribution is 9.10. The number of rotatable bonds is 5. The van der Waals surface area contributed by atoms with Crippen molar-refractivity contribution in [1.29, 1.82) is 0 Å². The summed E-state index contributed by atoms with van der Waals surface area (Å²) in [6.07, 6.45) is 0.782. The van der Waals surface area contributed by atoms with Crippen molar-refractivity contribution in [2.45, 2.75) is 26.3 Å². The third kappa shape index (κ3) is 3.66. The molecule has 1 heterocycles. The fourth-order valence-electron chi connectivity index (χ4n) is 2.10. The third-order valence-electron chi connectivity index (χ3n) is 3.71. The molecule has 1 amide bonds. The van der Waals surface area contributed by atoms with E-state index in [0.717, 1.165) is 16.3 Å². The van der Waals surface area contributed by atoms with E-state index in [1.165, 1.54) is 0 Å². The summed E-state index contributed by atoms with van der Waals surface area (Å²) >= 11 is 3.43. The molecule has 0 aliphatic heterocycles. The highest BCUT2D eigenvalue weighted by atomic mass is 79.9. The molecule has 0 spiro atoms. The normalized spacial score (nSPS) is 12.9.